The van der Waals surface area contributed by atoms with E-state index in [9.17, 15) is 0 Å². The standard InChI is InChI=1S/3C9H19N.CH4/c3*1-8-5-6-10(7-8)9(2,3)4;/h3*8H,5-7H2,1-4H3;1H4/t2*8-;;/m10../s1. The van der Waals surface area contributed by atoms with Crippen LogP contribution in [-0.4, -0.2) is 70.6 Å². The van der Waals surface area contributed by atoms with Gasteiger partial charge in [-0.25, -0.2) is 0 Å². The number of hydrogen-bond acceptors (Lipinski definition) is 3. The molecule has 3 saturated heterocycles. The van der Waals surface area contributed by atoms with Gasteiger partial charge in [0.25, 0.3) is 0 Å². The van der Waals surface area contributed by atoms with E-state index in [0.29, 0.717) is 16.6 Å². The van der Waals surface area contributed by atoms with Crippen LogP contribution in [0.15, 0.2) is 0 Å². The summed E-state index contributed by atoms with van der Waals surface area (Å²) in [7, 11) is 0. The molecule has 3 aliphatic rings. The Labute approximate surface area is 198 Å². The van der Waals surface area contributed by atoms with Gasteiger partial charge in [-0.1, -0.05) is 28.2 Å². The first-order valence-electron chi connectivity index (χ1n) is 12.7. The Morgan fingerprint density at radius 2 is 0.645 bits per heavy atom. The maximum Gasteiger partial charge on any atom is 0.0125 e. The van der Waals surface area contributed by atoms with Crippen LogP contribution in [0.25, 0.3) is 0 Å². The third kappa shape index (κ3) is 11.5. The molecule has 0 radical (unpaired) electrons. The van der Waals surface area contributed by atoms with E-state index in [4.69, 9.17) is 0 Å². The summed E-state index contributed by atoms with van der Waals surface area (Å²) in [6.45, 7) is 35.5. The minimum absolute atomic E-state index is 0. The smallest absolute Gasteiger partial charge is 0.0125 e. The fraction of sp³-hybridized carbons (Fsp3) is 1.00. The van der Waals surface area contributed by atoms with Crippen molar-refractivity contribution in [1.29, 1.82) is 0 Å². The second-order valence-corrected chi connectivity index (χ2v) is 13.5. The van der Waals surface area contributed by atoms with Crippen molar-refractivity contribution in [2.24, 2.45) is 17.8 Å². The fourth-order valence-electron chi connectivity index (χ4n) is 4.63. The lowest BCUT2D eigenvalue weighted by Crippen LogP contribution is -2.39. The van der Waals surface area contributed by atoms with E-state index >= 15 is 0 Å². The quantitative estimate of drug-likeness (QED) is 0.401. The van der Waals surface area contributed by atoms with Gasteiger partial charge >= 0.3 is 0 Å². The molecule has 0 aromatic heterocycles. The normalized spacial score (nSPS) is 28.5. The summed E-state index contributed by atoms with van der Waals surface area (Å²) < 4.78 is 0. The van der Waals surface area contributed by atoms with Gasteiger partial charge in [0, 0.05) is 36.3 Å². The summed E-state index contributed by atoms with van der Waals surface area (Å²) >= 11 is 0. The Hall–Kier alpha value is -0.120. The summed E-state index contributed by atoms with van der Waals surface area (Å²) in [6, 6.07) is 0. The van der Waals surface area contributed by atoms with Crippen molar-refractivity contribution in [3.63, 3.8) is 0 Å². The Morgan fingerprint density at radius 1 is 0.452 bits per heavy atom. The molecule has 3 rings (SSSR count). The Bertz CT molecular complexity index is 409. The van der Waals surface area contributed by atoms with Gasteiger partial charge in [0.1, 0.15) is 0 Å². The lowest BCUT2D eigenvalue weighted by atomic mass is 10.1. The SMILES string of the molecule is C.CC1CCN(C(C)(C)C)C1.C[C@@H]1CCN(C(C)(C)C)C1.C[C@H]1CCN(C(C)(C)C)C1. The molecule has 0 N–H and O–H groups in total. The molecule has 0 spiro atoms. The Balaban J connectivity index is 0.000000429. The molecule has 0 aliphatic carbocycles. The van der Waals surface area contributed by atoms with E-state index in [-0.39, 0.29) is 7.43 Å². The van der Waals surface area contributed by atoms with Crippen LogP contribution in [0, 0.1) is 17.8 Å². The first-order valence-corrected chi connectivity index (χ1v) is 12.7. The maximum absolute atomic E-state index is 2.57. The predicted octanol–water partition coefficient (Wildman–Crippen LogP) is 7.02. The van der Waals surface area contributed by atoms with Gasteiger partial charge in [0.2, 0.25) is 0 Å². The molecule has 3 atom stereocenters. The van der Waals surface area contributed by atoms with E-state index in [0.717, 1.165) is 17.8 Å². The second-order valence-electron chi connectivity index (χ2n) is 13.5. The summed E-state index contributed by atoms with van der Waals surface area (Å²) in [4.78, 5) is 7.70. The third-order valence-electron chi connectivity index (χ3n) is 7.12. The van der Waals surface area contributed by atoms with Gasteiger partial charge < -0.3 is 0 Å². The highest BCUT2D eigenvalue weighted by Gasteiger charge is 2.29. The fourth-order valence-corrected chi connectivity index (χ4v) is 4.63. The summed E-state index contributed by atoms with van der Waals surface area (Å²) in [5.41, 5.74) is 1.18. The minimum Gasteiger partial charge on any atom is -0.298 e. The van der Waals surface area contributed by atoms with E-state index in [2.05, 4.69) is 97.8 Å². The lowest BCUT2D eigenvalue weighted by Gasteiger charge is -2.31. The van der Waals surface area contributed by atoms with Crippen molar-refractivity contribution in [2.75, 3.05) is 39.3 Å². The van der Waals surface area contributed by atoms with Gasteiger partial charge in [-0.2, -0.15) is 0 Å². The van der Waals surface area contributed by atoms with Crippen molar-refractivity contribution < 1.29 is 0 Å². The molecule has 3 heteroatoms. The average molecular weight is 440 g/mol. The number of likely N-dealkylation sites (tertiary alicyclic amines) is 3. The van der Waals surface area contributed by atoms with E-state index in [1.165, 1.54) is 58.5 Å². The molecule has 188 valence electrons. The summed E-state index contributed by atoms with van der Waals surface area (Å²) in [6.07, 6.45) is 4.16. The van der Waals surface area contributed by atoms with Crippen LogP contribution >= 0.6 is 0 Å². The predicted molar refractivity (Wildman–Crippen MR) is 142 cm³/mol. The Morgan fingerprint density at radius 3 is 0.710 bits per heavy atom. The van der Waals surface area contributed by atoms with Gasteiger partial charge in [-0.15, -0.1) is 0 Å². The largest absolute Gasteiger partial charge is 0.298 e. The molecule has 0 amide bonds. The zero-order chi connectivity index (χ0) is 23.3. The molecule has 3 nitrogen and oxygen atoms in total. The first kappa shape index (κ1) is 30.9. The Kier molecular flexibility index (Phi) is 12.3. The van der Waals surface area contributed by atoms with Crippen molar-refractivity contribution >= 4 is 0 Å². The number of hydrogen-bond donors (Lipinski definition) is 0. The minimum atomic E-state index is 0. The summed E-state index contributed by atoms with van der Waals surface area (Å²) in [5.74, 6) is 2.75. The van der Waals surface area contributed by atoms with Gasteiger partial charge in [-0.05, 0) is 119 Å². The van der Waals surface area contributed by atoms with E-state index < -0.39 is 0 Å². The third-order valence-corrected chi connectivity index (χ3v) is 7.12. The molecule has 3 aliphatic heterocycles. The second kappa shape index (κ2) is 12.4. The molecule has 0 saturated carbocycles. The molecule has 1 unspecified atom stereocenters. The molecule has 0 bridgehead atoms. The van der Waals surface area contributed by atoms with Crippen molar-refractivity contribution in [1.82, 2.24) is 14.7 Å². The highest BCUT2D eigenvalue weighted by atomic mass is 15.2. The molecule has 0 aromatic carbocycles. The number of rotatable bonds is 0. The van der Waals surface area contributed by atoms with Crippen LogP contribution in [0.4, 0.5) is 0 Å². The van der Waals surface area contributed by atoms with Crippen LogP contribution in [0.5, 0.6) is 0 Å². The van der Waals surface area contributed by atoms with Crippen LogP contribution in [-0.2, 0) is 0 Å². The summed E-state index contributed by atoms with van der Waals surface area (Å²) in [5, 5.41) is 0. The van der Waals surface area contributed by atoms with Crippen LogP contribution < -0.4 is 0 Å². The monoisotopic (exact) mass is 439 g/mol. The van der Waals surface area contributed by atoms with Crippen LogP contribution in [0.1, 0.15) is 110 Å². The van der Waals surface area contributed by atoms with Crippen molar-refractivity contribution in [3.05, 3.63) is 0 Å². The molecular weight excluding hydrogens is 378 g/mol. The zero-order valence-corrected chi connectivity index (χ0v) is 22.9. The zero-order valence-electron chi connectivity index (χ0n) is 22.9. The van der Waals surface area contributed by atoms with Gasteiger partial charge in [0.05, 0.1) is 0 Å². The van der Waals surface area contributed by atoms with E-state index in [1.54, 1.807) is 0 Å². The van der Waals surface area contributed by atoms with Crippen molar-refractivity contribution in [3.8, 4) is 0 Å². The maximum atomic E-state index is 2.57. The highest BCUT2D eigenvalue weighted by Crippen LogP contribution is 2.25. The van der Waals surface area contributed by atoms with Gasteiger partial charge in [-0.3, -0.25) is 14.7 Å². The molecule has 3 heterocycles. The lowest BCUT2D eigenvalue weighted by molar-refractivity contribution is 0.169. The molecule has 3 fully saturated rings. The highest BCUT2D eigenvalue weighted by molar-refractivity contribution is 4.84. The van der Waals surface area contributed by atoms with Gasteiger partial charge in [0.15, 0.2) is 0 Å². The first-order chi connectivity index (χ1) is 13.5. The molecular formula is C28H61N3. The topological polar surface area (TPSA) is 9.72 Å². The number of nitrogens with zero attached hydrogens (tertiary/aromatic N) is 3. The van der Waals surface area contributed by atoms with Crippen LogP contribution in [0.2, 0.25) is 0 Å². The van der Waals surface area contributed by atoms with Crippen molar-refractivity contribution in [2.45, 2.75) is 126 Å². The average Bonchev–Trinajstić information content (AvgIpc) is 3.27. The van der Waals surface area contributed by atoms with Crippen LogP contribution in [0.3, 0.4) is 0 Å². The molecule has 0 aromatic rings. The molecule has 31 heavy (non-hydrogen) atoms. The van der Waals surface area contributed by atoms with E-state index in [1.807, 2.05) is 0 Å².